The molecule has 1 rings (SSSR count). The second kappa shape index (κ2) is 6.68. The Kier molecular flexibility index (Phi) is 5.53. The molecule has 1 atom stereocenters. The van der Waals surface area contributed by atoms with Crippen LogP contribution in [-0.2, 0) is 4.79 Å². The van der Waals surface area contributed by atoms with E-state index in [4.69, 9.17) is 10.5 Å². The van der Waals surface area contributed by atoms with E-state index in [9.17, 15) is 13.6 Å². The molecule has 0 aliphatic rings. The largest absolute Gasteiger partial charge is 0.490 e. The lowest BCUT2D eigenvalue weighted by atomic mass is 10.1. The molecule has 0 spiro atoms. The quantitative estimate of drug-likeness (QED) is 0.819. The van der Waals surface area contributed by atoms with Crippen LogP contribution in [0.5, 0.6) is 5.75 Å². The highest BCUT2D eigenvalue weighted by Crippen LogP contribution is 2.27. The molecule has 0 fully saturated rings. The Balaban J connectivity index is 2.53. The van der Waals surface area contributed by atoms with Gasteiger partial charge in [-0.3, -0.25) is 4.79 Å². The molecular formula is C12H14BrF2NO2. The fourth-order valence-corrected chi connectivity index (χ4v) is 1.65. The van der Waals surface area contributed by atoms with Gasteiger partial charge in [0, 0.05) is 6.42 Å². The van der Waals surface area contributed by atoms with E-state index in [1.807, 2.05) is 6.92 Å². The lowest BCUT2D eigenvalue weighted by molar-refractivity contribution is -0.118. The third-order valence-electron chi connectivity index (χ3n) is 2.41. The predicted octanol–water partition coefficient (Wildman–Crippen LogP) is 3.01. The van der Waals surface area contributed by atoms with Crippen molar-refractivity contribution in [1.29, 1.82) is 0 Å². The van der Waals surface area contributed by atoms with E-state index in [-0.39, 0.29) is 35.1 Å². The summed E-state index contributed by atoms with van der Waals surface area (Å²) in [4.78, 5) is 10.6. The van der Waals surface area contributed by atoms with E-state index in [1.165, 1.54) is 6.07 Å². The van der Waals surface area contributed by atoms with Gasteiger partial charge in [0.15, 0.2) is 11.6 Å². The Morgan fingerprint density at radius 3 is 2.78 bits per heavy atom. The molecule has 100 valence electrons. The molecule has 0 aliphatic heterocycles. The van der Waals surface area contributed by atoms with Crippen molar-refractivity contribution in [2.24, 2.45) is 11.7 Å². The number of carbonyl (C=O) groups excluding carboxylic acids is 1. The SMILES string of the molecule is C[C@@H](CCC(N)=O)COc1ccc(F)c(Br)c1F. The Hall–Kier alpha value is -1.17. The number of benzene rings is 1. The van der Waals surface area contributed by atoms with Crippen molar-refractivity contribution in [3.8, 4) is 5.75 Å². The second-order valence-electron chi connectivity index (χ2n) is 4.09. The topological polar surface area (TPSA) is 52.3 Å². The first-order valence-electron chi connectivity index (χ1n) is 5.46. The monoisotopic (exact) mass is 321 g/mol. The van der Waals surface area contributed by atoms with Gasteiger partial charge >= 0.3 is 0 Å². The predicted molar refractivity (Wildman–Crippen MR) is 67.1 cm³/mol. The van der Waals surface area contributed by atoms with E-state index >= 15 is 0 Å². The number of hydrogen-bond acceptors (Lipinski definition) is 2. The molecule has 1 aromatic rings. The normalized spacial score (nSPS) is 12.2. The maximum atomic E-state index is 13.5. The fourth-order valence-electron chi connectivity index (χ4n) is 1.32. The molecule has 3 nitrogen and oxygen atoms in total. The number of halogens is 3. The van der Waals surface area contributed by atoms with Gasteiger partial charge in [-0.05, 0) is 40.4 Å². The van der Waals surface area contributed by atoms with Gasteiger partial charge in [-0.25, -0.2) is 8.78 Å². The van der Waals surface area contributed by atoms with Crippen LogP contribution < -0.4 is 10.5 Å². The van der Waals surface area contributed by atoms with Crippen molar-refractivity contribution in [3.05, 3.63) is 28.2 Å². The van der Waals surface area contributed by atoms with E-state index in [1.54, 1.807) is 0 Å². The molecule has 0 bridgehead atoms. The van der Waals surface area contributed by atoms with Gasteiger partial charge in [0.05, 0.1) is 11.1 Å². The smallest absolute Gasteiger partial charge is 0.217 e. The number of carbonyl (C=O) groups is 1. The molecular weight excluding hydrogens is 308 g/mol. The summed E-state index contributed by atoms with van der Waals surface area (Å²) in [5.41, 5.74) is 5.02. The van der Waals surface area contributed by atoms with E-state index in [0.29, 0.717) is 6.42 Å². The summed E-state index contributed by atoms with van der Waals surface area (Å²) in [7, 11) is 0. The lowest BCUT2D eigenvalue weighted by Gasteiger charge is -2.13. The molecule has 2 N–H and O–H groups in total. The maximum Gasteiger partial charge on any atom is 0.217 e. The molecule has 0 saturated heterocycles. The Labute approximate surface area is 112 Å². The summed E-state index contributed by atoms with van der Waals surface area (Å²) in [6.07, 6.45) is 0.833. The number of hydrogen-bond donors (Lipinski definition) is 1. The number of ether oxygens (including phenoxy) is 1. The summed E-state index contributed by atoms with van der Waals surface area (Å²) in [6, 6.07) is 2.35. The molecule has 0 aliphatic carbocycles. The molecule has 0 saturated carbocycles. The molecule has 0 heterocycles. The van der Waals surface area contributed by atoms with Gasteiger partial charge < -0.3 is 10.5 Å². The average Bonchev–Trinajstić information content (AvgIpc) is 2.32. The van der Waals surface area contributed by atoms with Gasteiger partial charge in [0.1, 0.15) is 5.82 Å². The molecule has 6 heteroatoms. The van der Waals surface area contributed by atoms with Gasteiger partial charge in [-0.2, -0.15) is 0 Å². The van der Waals surface area contributed by atoms with E-state index in [0.717, 1.165) is 6.07 Å². The third-order valence-corrected chi connectivity index (χ3v) is 3.13. The van der Waals surface area contributed by atoms with Gasteiger partial charge in [-0.15, -0.1) is 0 Å². The van der Waals surface area contributed by atoms with Gasteiger partial charge in [0.2, 0.25) is 5.91 Å². The lowest BCUT2D eigenvalue weighted by Crippen LogP contribution is -2.15. The van der Waals surface area contributed by atoms with Crippen LogP contribution in [-0.4, -0.2) is 12.5 Å². The van der Waals surface area contributed by atoms with Crippen molar-refractivity contribution in [1.82, 2.24) is 0 Å². The zero-order chi connectivity index (χ0) is 13.7. The van der Waals surface area contributed by atoms with Gasteiger partial charge in [0.25, 0.3) is 0 Å². The first kappa shape index (κ1) is 14.9. The molecule has 1 aromatic carbocycles. The number of primary amides is 1. The summed E-state index contributed by atoms with van der Waals surface area (Å²) < 4.78 is 31.5. The van der Waals surface area contributed by atoms with Crippen molar-refractivity contribution in [3.63, 3.8) is 0 Å². The molecule has 0 aromatic heterocycles. The van der Waals surface area contributed by atoms with Crippen LogP contribution in [0.15, 0.2) is 16.6 Å². The maximum absolute atomic E-state index is 13.5. The first-order chi connectivity index (χ1) is 8.41. The van der Waals surface area contributed by atoms with Gasteiger partial charge in [-0.1, -0.05) is 6.92 Å². The van der Waals surface area contributed by atoms with E-state index in [2.05, 4.69) is 15.9 Å². The zero-order valence-corrected chi connectivity index (χ0v) is 11.5. The summed E-state index contributed by atoms with van der Waals surface area (Å²) in [5.74, 6) is -1.79. The minimum absolute atomic E-state index is 0.0193. The van der Waals surface area contributed by atoms with Crippen molar-refractivity contribution in [2.45, 2.75) is 19.8 Å². The van der Waals surface area contributed by atoms with Crippen LogP contribution in [0.1, 0.15) is 19.8 Å². The highest BCUT2D eigenvalue weighted by Gasteiger charge is 2.13. The van der Waals surface area contributed by atoms with Crippen LogP contribution in [0.3, 0.4) is 0 Å². The third kappa shape index (κ3) is 4.25. The van der Waals surface area contributed by atoms with Crippen LogP contribution in [0.2, 0.25) is 0 Å². The number of amides is 1. The minimum Gasteiger partial charge on any atom is -0.490 e. The molecule has 1 amide bonds. The van der Waals surface area contributed by atoms with E-state index < -0.39 is 11.6 Å². The Morgan fingerprint density at radius 1 is 1.50 bits per heavy atom. The summed E-state index contributed by atoms with van der Waals surface area (Å²) in [5, 5.41) is 0. The first-order valence-corrected chi connectivity index (χ1v) is 6.25. The Bertz CT molecular complexity index is 440. The van der Waals surface area contributed by atoms with Crippen LogP contribution in [0.25, 0.3) is 0 Å². The average molecular weight is 322 g/mol. The highest BCUT2D eigenvalue weighted by molar-refractivity contribution is 9.10. The molecule has 18 heavy (non-hydrogen) atoms. The molecule has 0 unspecified atom stereocenters. The standard InChI is InChI=1S/C12H14BrF2NO2/c1-7(2-5-10(16)17)6-18-9-4-3-8(14)11(13)12(9)15/h3-4,7H,2,5-6H2,1H3,(H2,16,17)/t7-/m0/s1. The van der Waals surface area contributed by atoms with Crippen molar-refractivity contribution in [2.75, 3.05) is 6.61 Å². The van der Waals surface area contributed by atoms with Crippen molar-refractivity contribution < 1.29 is 18.3 Å². The summed E-state index contributed by atoms with van der Waals surface area (Å²) in [6.45, 7) is 2.10. The van der Waals surface area contributed by atoms with Crippen LogP contribution >= 0.6 is 15.9 Å². The van der Waals surface area contributed by atoms with Crippen LogP contribution in [0, 0.1) is 17.6 Å². The van der Waals surface area contributed by atoms with Crippen LogP contribution in [0.4, 0.5) is 8.78 Å². The number of nitrogens with two attached hydrogens (primary N) is 1. The minimum atomic E-state index is -0.767. The number of rotatable bonds is 6. The second-order valence-corrected chi connectivity index (χ2v) is 4.89. The summed E-state index contributed by atoms with van der Waals surface area (Å²) >= 11 is 2.80. The highest BCUT2D eigenvalue weighted by atomic mass is 79.9. The Morgan fingerprint density at radius 2 is 2.17 bits per heavy atom. The zero-order valence-electron chi connectivity index (χ0n) is 9.88. The fraction of sp³-hybridized carbons (Fsp3) is 0.417. The molecule has 0 radical (unpaired) electrons. The van der Waals surface area contributed by atoms with Crippen molar-refractivity contribution >= 4 is 21.8 Å².